The molecule has 3 rings (SSSR count). The van der Waals surface area contributed by atoms with E-state index in [0.717, 1.165) is 4.47 Å². The Morgan fingerprint density at radius 3 is 2.20 bits per heavy atom. The Morgan fingerprint density at radius 2 is 1.60 bits per heavy atom. The average Bonchev–Trinajstić information content (AvgIpc) is 2.75. The number of carbonyl (C=O) groups excluding carboxylic acids is 2. The Hall–Kier alpha value is -3.76. The van der Waals surface area contributed by atoms with Gasteiger partial charge in [-0.1, -0.05) is 28.1 Å². The maximum Gasteiger partial charge on any atom is 0.343 e. The van der Waals surface area contributed by atoms with Crippen molar-refractivity contribution in [3.8, 4) is 11.8 Å². The first-order chi connectivity index (χ1) is 14.4. The molecule has 0 radical (unpaired) electrons. The summed E-state index contributed by atoms with van der Waals surface area (Å²) in [5.74, 6) is -1.21. The molecule has 5 nitrogen and oxygen atoms in total. The number of nitrogens with zero attached hydrogens (tertiary/aromatic N) is 1. The van der Waals surface area contributed by atoms with Crippen molar-refractivity contribution >= 4 is 39.6 Å². The Labute approximate surface area is 180 Å². The number of esters is 1. The minimum Gasteiger partial charge on any atom is -0.423 e. The zero-order valence-electron chi connectivity index (χ0n) is 15.4. The van der Waals surface area contributed by atoms with Crippen molar-refractivity contribution in [2.75, 3.05) is 5.32 Å². The van der Waals surface area contributed by atoms with Gasteiger partial charge in [-0.25, -0.2) is 9.18 Å². The van der Waals surface area contributed by atoms with Crippen molar-refractivity contribution in [3.05, 3.63) is 99.8 Å². The third kappa shape index (κ3) is 5.63. The molecule has 0 unspecified atom stereocenters. The van der Waals surface area contributed by atoms with Crippen LogP contribution in [0.3, 0.4) is 0 Å². The fourth-order valence-corrected chi connectivity index (χ4v) is 2.70. The second kappa shape index (κ2) is 9.63. The van der Waals surface area contributed by atoms with Crippen molar-refractivity contribution in [1.29, 1.82) is 5.26 Å². The topological polar surface area (TPSA) is 79.2 Å². The Balaban J connectivity index is 1.67. The van der Waals surface area contributed by atoms with E-state index in [1.807, 2.05) is 6.07 Å². The Bertz CT molecular complexity index is 1130. The molecule has 0 spiro atoms. The summed E-state index contributed by atoms with van der Waals surface area (Å²) in [5.41, 5.74) is 1.23. The van der Waals surface area contributed by atoms with E-state index in [4.69, 9.17) is 4.74 Å². The number of carbonyl (C=O) groups is 2. The lowest BCUT2D eigenvalue weighted by atomic mass is 10.1. The quantitative estimate of drug-likeness (QED) is 0.238. The summed E-state index contributed by atoms with van der Waals surface area (Å²) in [7, 11) is 0. The lowest BCUT2D eigenvalue weighted by Crippen LogP contribution is -2.13. The molecule has 0 heterocycles. The maximum absolute atomic E-state index is 13.0. The van der Waals surface area contributed by atoms with Gasteiger partial charge in [-0.15, -0.1) is 0 Å². The second-order valence-corrected chi connectivity index (χ2v) is 7.01. The molecule has 0 atom stereocenters. The van der Waals surface area contributed by atoms with Crippen LogP contribution in [-0.2, 0) is 4.79 Å². The third-order valence-corrected chi connectivity index (χ3v) is 4.48. The van der Waals surface area contributed by atoms with Crippen LogP contribution in [0.5, 0.6) is 5.75 Å². The fourth-order valence-electron chi connectivity index (χ4n) is 2.43. The predicted octanol–water partition coefficient (Wildman–Crippen LogP) is 5.35. The molecule has 0 saturated heterocycles. The summed E-state index contributed by atoms with van der Waals surface area (Å²) in [4.78, 5) is 24.4. The molecular weight excluding hydrogens is 451 g/mol. The molecule has 148 valence electrons. The van der Waals surface area contributed by atoms with Gasteiger partial charge in [0.05, 0.1) is 5.56 Å². The van der Waals surface area contributed by atoms with Gasteiger partial charge in [-0.2, -0.15) is 5.26 Å². The molecule has 0 aliphatic heterocycles. The van der Waals surface area contributed by atoms with Gasteiger partial charge < -0.3 is 10.1 Å². The molecule has 1 amide bonds. The number of nitriles is 1. The molecule has 30 heavy (non-hydrogen) atoms. The van der Waals surface area contributed by atoms with E-state index in [1.54, 1.807) is 48.5 Å². The SMILES string of the molecule is N#C/C(=C/c1ccc(OC(=O)c2ccc(Br)cc2)cc1)C(=O)Nc1ccc(F)cc1. The lowest BCUT2D eigenvalue weighted by molar-refractivity contribution is -0.112. The average molecular weight is 465 g/mol. The molecule has 0 bridgehead atoms. The van der Waals surface area contributed by atoms with E-state index in [-0.39, 0.29) is 5.57 Å². The molecule has 0 aliphatic carbocycles. The second-order valence-electron chi connectivity index (χ2n) is 6.10. The normalized spacial score (nSPS) is 10.8. The first kappa shape index (κ1) is 21.0. The molecule has 7 heteroatoms. The molecule has 0 aromatic heterocycles. The van der Waals surface area contributed by atoms with Gasteiger partial charge in [0.1, 0.15) is 23.2 Å². The van der Waals surface area contributed by atoms with Crippen molar-refractivity contribution in [2.24, 2.45) is 0 Å². The molecule has 0 saturated carbocycles. The van der Waals surface area contributed by atoms with Crippen molar-refractivity contribution in [2.45, 2.75) is 0 Å². The molecule has 0 fully saturated rings. The van der Waals surface area contributed by atoms with Crippen LogP contribution >= 0.6 is 15.9 Å². The van der Waals surface area contributed by atoms with Crippen molar-refractivity contribution in [1.82, 2.24) is 0 Å². The van der Waals surface area contributed by atoms with Crippen LogP contribution < -0.4 is 10.1 Å². The molecule has 3 aromatic rings. The zero-order valence-corrected chi connectivity index (χ0v) is 17.0. The van der Waals surface area contributed by atoms with E-state index >= 15 is 0 Å². The molecular formula is C23H14BrFN2O3. The summed E-state index contributed by atoms with van der Waals surface area (Å²) >= 11 is 3.30. The number of amides is 1. The summed E-state index contributed by atoms with van der Waals surface area (Å²) in [6.45, 7) is 0. The van der Waals surface area contributed by atoms with E-state index in [9.17, 15) is 19.2 Å². The van der Waals surface area contributed by atoms with Crippen molar-refractivity contribution < 1.29 is 18.7 Å². The first-order valence-corrected chi connectivity index (χ1v) is 9.50. The monoisotopic (exact) mass is 464 g/mol. The predicted molar refractivity (Wildman–Crippen MR) is 114 cm³/mol. The summed E-state index contributed by atoms with van der Waals surface area (Å²) in [6.07, 6.45) is 1.40. The number of nitrogens with one attached hydrogen (secondary N) is 1. The minimum atomic E-state index is -0.616. The highest BCUT2D eigenvalue weighted by molar-refractivity contribution is 9.10. The summed E-state index contributed by atoms with van der Waals surface area (Å²) in [5, 5.41) is 11.8. The van der Waals surface area contributed by atoms with Crippen LogP contribution in [0.15, 0.2) is 82.8 Å². The van der Waals surface area contributed by atoms with Gasteiger partial charge >= 0.3 is 5.97 Å². The number of hydrogen-bond donors (Lipinski definition) is 1. The number of benzene rings is 3. The highest BCUT2D eigenvalue weighted by Gasteiger charge is 2.11. The van der Waals surface area contributed by atoms with Crippen molar-refractivity contribution in [3.63, 3.8) is 0 Å². The largest absolute Gasteiger partial charge is 0.423 e. The van der Waals surface area contributed by atoms with Gasteiger partial charge in [-0.05, 0) is 72.3 Å². The first-order valence-electron chi connectivity index (χ1n) is 8.71. The van der Waals surface area contributed by atoms with Gasteiger partial charge in [0, 0.05) is 10.2 Å². The van der Waals surface area contributed by atoms with Gasteiger partial charge in [0.2, 0.25) is 0 Å². The summed E-state index contributed by atoms with van der Waals surface area (Å²) < 4.78 is 19.1. The minimum absolute atomic E-state index is 0.126. The van der Waals surface area contributed by atoms with Crippen LogP contribution in [0.4, 0.5) is 10.1 Å². The zero-order chi connectivity index (χ0) is 21.5. The Kier molecular flexibility index (Phi) is 6.73. The highest BCUT2D eigenvalue weighted by Crippen LogP contribution is 2.18. The van der Waals surface area contributed by atoms with Gasteiger partial charge in [0.25, 0.3) is 5.91 Å². The smallest absolute Gasteiger partial charge is 0.343 e. The van der Waals surface area contributed by atoms with Gasteiger partial charge in [-0.3, -0.25) is 4.79 Å². The maximum atomic E-state index is 13.0. The third-order valence-electron chi connectivity index (χ3n) is 3.95. The van der Waals surface area contributed by atoms with Crippen LogP contribution in [0, 0.1) is 17.1 Å². The molecule has 1 N–H and O–H groups in total. The van der Waals surface area contributed by atoms with Crippen LogP contribution in [0.2, 0.25) is 0 Å². The number of anilines is 1. The van der Waals surface area contributed by atoms with Crippen LogP contribution in [0.1, 0.15) is 15.9 Å². The summed E-state index contributed by atoms with van der Waals surface area (Å²) in [6, 6.07) is 20.2. The van der Waals surface area contributed by atoms with E-state index in [1.165, 1.54) is 30.3 Å². The standard InChI is InChI=1S/C23H14BrFN2O3/c24-18-5-3-16(4-6-18)23(29)30-21-11-1-15(2-12-21)13-17(14-26)22(28)27-20-9-7-19(25)8-10-20/h1-13H,(H,27,28)/b17-13-. The number of ether oxygens (including phenoxy) is 1. The van der Waals surface area contributed by atoms with Gasteiger partial charge in [0.15, 0.2) is 0 Å². The lowest BCUT2D eigenvalue weighted by Gasteiger charge is -2.06. The number of halogens is 2. The Morgan fingerprint density at radius 1 is 0.967 bits per heavy atom. The van der Waals surface area contributed by atoms with E-state index < -0.39 is 17.7 Å². The molecule has 3 aromatic carbocycles. The van der Waals surface area contributed by atoms with Crippen LogP contribution in [-0.4, -0.2) is 11.9 Å². The highest BCUT2D eigenvalue weighted by atomic mass is 79.9. The number of rotatable bonds is 5. The van der Waals surface area contributed by atoms with Crippen LogP contribution in [0.25, 0.3) is 6.08 Å². The number of hydrogen-bond acceptors (Lipinski definition) is 4. The van der Waals surface area contributed by atoms with E-state index in [0.29, 0.717) is 22.6 Å². The molecule has 0 aliphatic rings. The fraction of sp³-hybridized carbons (Fsp3) is 0. The van der Waals surface area contributed by atoms with E-state index in [2.05, 4.69) is 21.2 Å².